The van der Waals surface area contributed by atoms with Gasteiger partial charge in [-0.3, -0.25) is 37.3 Å². The smallest absolute Gasteiger partial charge is 0.462 e. The minimum atomic E-state index is -4.99. The van der Waals surface area contributed by atoms with Crippen molar-refractivity contribution >= 4 is 39.5 Å². The third-order valence-corrected chi connectivity index (χ3v) is 18.6. The highest BCUT2D eigenvalue weighted by atomic mass is 31.2. The number of aliphatic hydroxyl groups is 1. The molecular weight excluding hydrogens is 1330 g/mol. The van der Waals surface area contributed by atoms with Gasteiger partial charge in [0.15, 0.2) is 12.2 Å². The summed E-state index contributed by atoms with van der Waals surface area (Å²) < 4.78 is 68.6. The minimum Gasteiger partial charge on any atom is -0.462 e. The molecular formula is C83H144O17P2. The van der Waals surface area contributed by atoms with Crippen molar-refractivity contribution in [3.8, 4) is 0 Å². The fraction of sp³-hybridized carbons (Fsp3) is 0.735. The Balaban J connectivity index is 5.40. The van der Waals surface area contributed by atoms with Crippen LogP contribution in [0.3, 0.4) is 0 Å². The Morgan fingerprint density at radius 1 is 0.284 bits per heavy atom. The number of aliphatic hydroxyl groups excluding tert-OH is 1. The molecule has 5 unspecified atom stereocenters. The average molecular weight is 1480 g/mol. The number of hydrogen-bond donors (Lipinski definition) is 3. The van der Waals surface area contributed by atoms with Crippen molar-refractivity contribution in [3.63, 3.8) is 0 Å². The van der Waals surface area contributed by atoms with Crippen LogP contribution in [0.5, 0.6) is 0 Å². The Kier molecular flexibility index (Phi) is 71.8. The maximum Gasteiger partial charge on any atom is 0.472 e. The van der Waals surface area contributed by atoms with Gasteiger partial charge in [0.1, 0.15) is 19.3 Å². The van der Waals surface area contributed by atoms with E-state index in [1.54, 1.807) is 0 Å². The first-order valence-corrected chi connectivity index (χ1v) is 43.1. The molecule has 0 amide bonds. The molecule has 5 atom stereocenters. The van der Waals surface area contributed by atoms with Crippen LogP contribution in [-0.2, 0) is 65.4 Å². The Hall–Kier alpha value is -4.28. The molecule has 17 nitrogen and oxygen atoms in total. The quantitative estimate of drug-likeness (QED) is 0.0169. The van der Waals surface area contributed by atoms with Gasteiger partial charge < -0.3 is 33.8 Å². The lowest BCUT2D eigenvalue weighted by Gasteiger charge is -2.21. The molecule has 588 valence electrons. The third kappa shape index (κ3) is 74.0. The topological polar surface area (TPSA) is 237 Å². The van der Waals surface area contributed by atoms with Gasteiger partial charge in [0.2, 0.25) is 0 Å². The first kappa shape index (κ1) is 97.7. The maximum absolute atomic E-state index is 13.1. The third-order valence-electron chi connectivity index (χ3n) is 16.7. The largest absolute Gasteiger partial charge is 0.472 e. The summed E-state index contributed by atoms with van der Waals surface area (Å²) in [6, 6.07) is 0. The van der Waals surface area contributed by atoms with Gasteiger partial charge in [0.05, 0.1) is 26.4 Å². The number of carbonyl (C=O) groups excluding carboxylic acids is 4. The van der Waals surface area contributed by atoms with Crippen LogP contribution in [0.4, 0.5) is 0 Å². The van der Waals surface area contributed by atoms with Crippen molar-refractivity contribution < 1.29 is 80.2 Å². The molecule has 0 saturated heterocycles. The molecule has 0 rings (SSSR count). The van der Waals surface area contributed by atoms with Crippen molar-refractivity contribution in [2.75, 3.05) is 39.6 Å². The Labute approximate surface area is 619 Å². The first-order chi connectivity index (χ1) is 49.7. The van der Waals surface area contributed by atoms with Gasteiger partial charge in [-0.05, 0) is 128 Å². The lowest BCUT2D eigenvalue weighted by Crippen LogP contribution is -2.30. The van der Waals surface area contributed by atoms with E-state index >= 15 is 0 Å². The number of ether oxygens (including phenoxy) is 4. The van der Waals surface area contributed by atoms with Crippen molar-refractivity contribution in [3.05, 3.63) is 109 Å². The summed E-state index contributed by atoms with van der Waals surface area (Å²) in [6.07, 6.45) is 80.7. The van der Waals surface area contributed by atoms with Crippen molar-refractivity contribution in [2.24, 2.45) is 0 Å². The van der Waals surface area contributed by atoms with Crippen LogP contribution in [0.25, 0.3) is 0 Å². The van der Waals surface area contributed by atoms with Gasteiger partial charge >= 0.3 is 39.5 Å². The number of allylic oxidation sites excluding steroid dienone is 18. The summed E-state index contributed by atoms with van der Waals surface area (Å²) in [4.78, 5) is 73.0. The molecule has 0 saturated carbocycles. The van der Waals surface area contributed by atoms with Gasteiger partial charge in [0.25, 0.3) is 0 Å². The number of phosphoric acid groups is 2. The van der Waals surface area contributed by atoms with E-state index in [-0.39, 0.29) is 25.7 Å². The zero-order valence-corrected chi connectivity index (χ0v) is 66.0. The number of unbranched alkanes of at least 4 members (excludes halogenated alkanes) is 31. The van der Waals surface area contributed by atoms with Crippen LogP contribution in [-0.4, -0.2) is 96.7 Å². The standard InChI is InChI=1S/C83H144O17P2/c1-5-9-13-17-21-25-29-33-37-38-42-44-48-52-56-60-64-68-81(86)94-74-79(100-83(88)70-66-62-58-54-50-46-41-36-32-28-24-20-16-12-8-4)76-98-102(91,92)96-72-77(84)71-95-101(89,90)97-75-78(99-82(87)69-65-61-57-53-49-45-40-35-31-27-23-19-15-11-7-3)73-93-80(85)67-63-59-55-51-47-43-39-34-30-26-22-18-14-10-6-2/h9-10,13-14,21-22,25-26,33-35,37,39-40,42,44,47,51,77-79,84H,5-8,11-12,15-20,23-24,27-32,36,38,41,43,45-46,48-50,52-76H2,1-4H3,(H,89,90)(H,91,92)/b13-9-,14-10-,25-21-,26-22-,37-33-,39-34-,40-35-,44-42-,51-47-. The Bertz CT molecular complexity index is 2360. The normalized spacial score (nSPS) is 14.5. The molecule has 0 fully saturated rings. The van der Waals surface area contributed by atoms with E-state index in [4.69, 9.17) is 37.0 Å². The SMILES string of the molecule is CC/C=C\C/C=C\C/C=C\C/C=C\CCCCCCC(=O)OCC(COP(=O)(O)OCC(O)COP(=O)(O)OCC(COC(=O)CCCC/C=C\C/C=C\C/C=C\C/C=C\CC)OC(=O)CCCCCCC/C=C\CCCCCCCC)OC(=O)CCCCCCCCCCCCCCCCC. The zero-order valence-electron chi connectivity index (χ0n) is 64.3. The molecule has 0 spiro atoms. The summed E-state index contributed by atoms with van der Waals surface area (Å²) in [5.74, 6) is -2.24. The molecule has 0 aromatic heterocycles. The second kappa shape index (κ2) is 75.0. The van der Waals surface area contributed by atoms with E-state index in [1.165, 1.54) is 103 Å². The monoisotopic (exact) mass is 1470 g/mol. The highest BCUT2D eigenvalue weighted by Crippen LogP contribution is 2.45. The highest BCUT2D eigenvalue weighted by Gasteiger charge is 2.30. The lowest BCUT2D eigenvalue weighted by molar-refractivity contribution is -0.161. The lowest BCUT2D eigenvalue weighted by atomic mass is 10.0. The molecule has 0 aliphatic heterocycles. The zero-order chi connectivity index (χ0) is 74.6. The van der Waals surface area contributed by atoms with E-state index in [0.717, 1.165) is 154 Å². The van der Waals surface area contributed by atoms with E-state index in [2.05, 4.69) is 137 Å². The fourth-order valence-corrected chi connectivity index (χ4v) is 12.2. The summed E-state index contributed by atoms with van der Waals surface area (Å²) in [5.41, 5.74) is 0. The van der Waals surface area contributed by atoms with Crippen molar-refractivity contribution in [1.82, 2.24) is 0 Å². The fourth-order valence-electron chi connectivity index (χ4n) is 10.7. The molecule has 3 N–H and O–H groups in total. The Morgan fingerprint density at radius 3 is 0.814 bits per heavy atom. The van der Waals surface area contributed by atoms with E-state index in [0.29, 0.717) is 25.7 Å². The Morgan fingerprint density at radius 2 is 0.510 bits per heavy atom. The summed E-state index contributed by atoms with van der Waals surface area (Å²) >= 11 is 0. The molecule has 102 heavy (non-hydrogen) atoms. The summed E-state index contributed by atoms with van der Waals surface area (Å²) in [7, 11) is -9.97. The highest BCUT2D eigenvalue weighted by molar-refractivity contribution is 7.47. The van der Waals surface area contributed by atoms with E-state index in [9.17, 15) is 43.2 Å². The van der Waals surface area contributed by atoms with Crippen LogP contribution in [0.15, 0.2) is 109 Å². The van der Waals surface area contributed by atoms with Crippen LogP contribution >= 0.6 is 15.6 Å². The van der Waals surface area contributed by atoms with E-state index in [1.807, 2.05) is 0 Å². The van der Waals surface area contributed by atoms with Gasteiger partial charge in [-0.1, -0.05) is 291 Å². The predicted octanol–water partition coefficient (Wildman–Crippen LogP) is 23.3. The predicted molar refractivity (Wildman–Crippen MR) is 418 cm³/mol. The van der Waals surface area contributed by atoms with Gasteiger partial charge in [-0.15, -0.1) is 0 Å². The second-order valence-electron chi connectivity index (χ2n) is 26.6. The number of rotatable bonds is 75. The van der Waals surface area contributed by atoms with Gasteiger partial charge in [0, 0.05) is 25.7 Å². The van der Waals surface area contributed by atoms with Crippen molar-refractivity contribution in [1.29, 1.82) is 0 Å². The van der Waals surface area contributed by atoms with Crippen LogP contribution in [0.2, 0.25) is 0 Å². The van der Waals surface area contributed by atoms with Crippen molar-refractivity contribution in [2.45, 2.75) is 354 Å². The second-order valence-corrected chi connectivity index (χ2v) is 29.5. The number of carbonyl (C=O) groups is 4. The molecule has 0 bridgehead atoms. The molecule has 0 aromatic carbocycles. The molecule has 0 radical (unpaired) electrons. The molecule has 0 aliphatic carbocycles. The average Bonchev–Trinajstić information content (AvgIpc) is 0.923. The molecule has 0 aromatic rings. The molecule has 0 heterocycles. The molecule has 0 aliphatic rings. The molecule has 19 heteroatoms. The van der Waals surface area contributed by atoms with Crippen LogP contribution < -0.4 is 0 Å². The number of esters is 4. The minimum absolute atomic E-state index is 0.0754. The van der Waals surface area contributed by atoms with Crippen LogP contribution in [0.1, 0.15) is 336 Å². The summed E-state index contributed by atoms with van der Waals surface area (Å²) in [5, 5.41) is 10.6. The number of phosphoric ester groups is 2. The van der Waals surface area contributed by atoms with Crippen LogP contribution in [0, 0.1) is 0 Å². The van der Waals surface area contributed by atoms with Gasteiger partial charge in [-0.25, -0.2) is 9.13 Å². The maximum atomic E-state index is 13.1. The summed E-state index contributed by atoms with van der Waals surface area (Å²) in [6.45, 7) is 4.60. The van der Waals surface area contributed by atoms with Gasteiger partial charge in [-0.2, -0.15) is 0 Å². The first-order valence-electron chi connectivity index (χ1n) is 40.1. The number of hydrogen-bond acceptors (Lipinski definition) is 15. The van der Waals surface area contributed by atoms with E-state index < -0.39 is 97.5 Å².